The van der Waals surface area contributed by atoms with E-state index in [-0.39, 0.29) is 6.10 Å². The molecule has 228 valence electrons. The first-order valence-corrected chi connectivity index (χ1v) is 17.1. The summed E-state index contributed by atoms with van der Waals surface area (Å²) in [6, 6.07) is 0. The van der Waals surface area contributed by atoms with Crippen molar-refractivity contribution in [2.24, 2.45) is 0 Å². The third-order valence-electron chi connectivity index (χ3n) is 7.91. The summed E-state index contributed by atoms with van der Waals surface area (Å²) in [4.78, 5) is 14.7. The molecule has 4 nitrogen and oxygen atoms in total. The third-order valence-corrected chi connectivity index (χ3v) is 7.91. The molecule has 0 aromatic carbocycles. The molecule has 0 spiro atoms. The number of ether oxygens (including phenoxy) is 2. The first-order chi connectivity index (χ1) is 19.3. The molecule has 0 aromatic heterocycles. The van der Waals surface area contributed by atoms with Crippen LogP contribution in [0.25, 0.3) is 0 Å². The Labute approximate surface area is 243 Å². The molecule has 0 N–H and O–H groups in total. The average Bonchev–Trinajstić information content (AvgIpc) is 2.91. The first kappa shape index (κ1) is 35.7. The van der Waals surface area contributed by atoms with Crippen LogP contribution in [-0.4, -0.2) is 43.4 Å². The van der Waals surface area contributed by atoms with Gasteiger partial charge in [-0.2, -0.15) is 0 Å². The molecule has 0 amide bonds. The van der Waals surface area contributed by atoms with E-state index in [4.69, 9.17) is 9.47 Å². The van der Waals surface area contributed by atoms with Crippen LogP contribution in [-0.2, 0) is 9.47 Å². The van der Waals surface area contributed by atoms with E-state index < -0.39 is 6.16 Å². The molecule has 1 rings (SSSR count). The smallest absolute Gasteiger partial charge is 0.434 e. The zero-order valence-corrected chi connectivity index (χ0v) is 26.2. The molecule has 39 heavy (non-hydrogen) atoms. The van der Waals surface area contributed by atoms with E-state index in [0.717, 1.165) is 45.1 Å². The summed E-state index contributed by atoms with van der Waals surface area (Å²) < 4.78 is 11.2. The van der Waals surface area contributed by atoms with Crippen LogP contribution in [0, 0.1) is 0 Å². The number of hydrogen-bond donors (Lipinski definition) is 0. The first-order valence-electron chi connectivity index (χ1n) is 17.1. The van der Waals surface area contributed by atoms with E-state index in [1.54, 1.807) is 0 Å². The monoisotopic (exact) mass is 547 g/mol. The van der Waals surface area contributed by atoms with Gasteiger partial charge in [-0.1, -0.05) is 115 Å². The van der Waals surface area contributed by atoms with E-state index in [1.807, 2.05) is 0 Å². The van der Waals surface area contributed by atoms with Crippen molar-refractivity contribution in [1.29, 1.82) is 0 Å². The summed E-state index contributed by atoms with van der Waals surface area (Å²) in [5.74, 6) is 0. The Kier molecular flexibility index (Phi) is 25.9. The highest BCUT2D eigenvalue weighted by Crippen LogP contribution is 2.18. The molecule has 1 aliphatic heterocycles. The second kappa shape index (κ2) is 28.2. The molecular weight excluding hydrogens is 482 g/mol. The van der Waals surface area contributed by atoms with Crippen molar-refractivity contribution in [3.05, 3.63) is 24.3 Å². The highest BCUT2D eigenvalue weighted by Gasteiger charge is 2.16. The lowest BCUT2D eigenvalue weighted by atomic mass is 10.0. The normalized spacial score (nSPS) is 14.7. The van der Waals surface area contributed by atoms with Crippen molar-refractivity contribution in [2.75, 3.05) is 26.2 Å². The summed E-state index contributed by atoms with van der Waals surface area (Å²) in [6.45, 7) is 8.42. The van der Waals surface area contributed by atoms with Crippen molar-refractivity contribution in [2.45, 2.75) is 168 Å². The molecule has 1 atom stereocenters. The minimum Gasteiger partial charge on any atom is -0.434 e. The maximum Gasteiger partial charge on any atom is 0.508 e. The van der Waals surface area contributed by atoms with Gasteiger partial charge in [-0.15, -0.1) is 0 Å². The van der Waals surface area contributed by atoms with Gasteiger partial charge in [0.25, 0.3) is 0 Å². The van der Waals surface area contributed by atoms with Crippen molar-refractivity contribution >= 4 is 6.16 Å². The molecule has 4 heteroatoms. The van der Waals surface area contributed by atoms with E-state index in [2.05, 4.69) is 43.1 Å². The number of hydrogen-bond acceptors (Lipinski definition) is 4. The highest BCUT2D eigenvalue weighted by molar-refractivity contribution is 5.60. The lowest BCUT2D eigenvalue weighted by Crippen LogP contribution is -2.38. The van der Waals surface area contributed by atoms with Gasteiger partial charge in [0.1, 0.15) is 6.10 Å². The van der Waals surface area contributed by atoms with Crippen LogP contribution >= 0.6 is 0 Å². The number of rotatable bonds is 28. The fourth-order valence-corrected chi connectivity index (χ4v) is 5.17. The molecule has 0 aromatic rings. The average molecular weight is 548 g/mol. The number of unbranched alkanes of at least 4 members (excludes halogenated alkanes) is 15. The second-order valence-electron chi connectivity index (χ2n) is 11.7. The van der Waals surface area contributed by atoms with Crippen LogP contribution in [0.1, 0.15) is 162 Å². The fraction of sp³-hybridized carbons (Fsp3) is 0.857. The lowest BCUT2D eigenvalue weighted by Gasteiger charge is -2.30. The predicted molar refractivity (Wildman–Crippen MR) is 168 cm³/mol. The van der Waals surface area contributed by atoms with Gasteiger partial charge >= 0.3 is 6.16 Å². The third kappa shape index (κ3) is 24.2. The number of carbonyl (C=O) groups excluding carboxylic acids is 1. The maximum absolute atomic E-state index is 12.3. The number of nitrogens with zero attached hydrogens (tertiary/aromatic N) is 1. The van der Waals surface area contributed by atoms with Gasteiger partial charge in [0, 0.05) is 6.54 Å². The molecule has 0 saturated carbocycles. The minimum absolute atomic E-state index is 0.0194. The van der Waals surface area contributed by atoms with Crippen LogP contribution in [0.15, 0.2) is 24.3 Å². The van der Waals surface area contributed by atoms with Gasteiger partial charge in [0.2, 0.25) is 0 Å². The second-order valence-corrected chi connectivity index (χ2v) is 11.7. The zero-order chi connectivity index (χ0) is 28.1. The number of likely N-dealkylation sites (tertiary alicyclic amines) is 1. The Hall–Kier alpha value is -1.29. The van der Waals surface area contributed by atoms with E-state index >= 15 is 0 Å². The van der Waals surface area contributed by atoms with Crippen molar-refractivity contribution < 1.29 is 14.3 Å². The van der Waals surface area contributed by atoms with Gasteiger partial charge in [-0.3, -0.25) is 0 Å². The molecule has 0 aliphatic carbocycles. The topological polar surface area (TPSA) is 38.8 Å². The van der Waals surface area contributed by atoms with Crippen LogP contribution < -0.4 is 0 Å². The summed E-state index contributed by atoms with van der Waals surface area (Å²) in [7, 11) is 0. The zero-order valence-electron chi connectivity index (χ0n) is 26.2. The molecule has 1 unspecified atom stereocenters. The van der Waals surface area contributed by atoms with Crippen LogP contribution in [0.4, 0.5) is 4.79 Å². The standard InChI is InChI=1S/C35H65NO3/c1-3-5-7-9-11-13-14-15-16-17-18-19-21-23-25-29-34(28-24-22-20-12-10-8-6-4-2)39-35(37)38-33-27-32-36-30-26-31-36/h11,13,15-16,34H,3-10,12,14,17-33H2,1-2H3/b13-11-,16-15-. The Morgan fingerprint density at radius 2 is 1.18 bits per heavy atom. The Balaban J connectivity index is 2.13. The van der Waals surface area contributed by atoms with Crippen LogP contribution in [0.5, 0.6) is 0 Å². The highest BCUT2D eigenvalue weighted by atomic mass is 16.7. The predicted octanol–water partition coefficient (Wildman–Crippen LogP) is 10.9. The lowest BCUT2D eigenvalue weighted by molar-refractivity contribution is 0.0137. The fourth-order valence-electron chi connectivity index (χ4n) is 5.17. The summed E-state index contributed by atoms with van der Waals surface area (Å²) in [5.41, 5.74) is 0. The molecule has 1 heterocycles. The van der Waals surface area contributed by atoms with Gasteiger partial charge in [0.15, 0.2) is 0 Å². The Bertz CT molecular complexity index is 584. The molecule has 0 radical (unpaired) electrons. The minimum atomic E-state index is -0.453. The molecule has 1 aliphatic rings. The van der Waals surface area contributed by atoms with Crippen molar-refractivity contribution in [1.82, 2.24) is 4.90 Å². The SMILES string of the molecule is CCCCC/C=C\C/C=C\CCCCCCCC(CCCCCCCCCC)OC(=O)OCCCN1CCC1. The van der Waals surface area contributed by atoms with Crippen LogP contribution in [0.3, 0.4) is 0 Å². The molecule has 1 fully saturated rings. The molecule has 0 bridgehead atoms. The largest absolute Gasteiger partial charge is 0.508 e. The summed E-state index contributed by atoms with van der Waals surface area (Å²) in [6.07, 6.45) is 37.2. The van der Waals surface area contributed by atoms with E-state index in [9.17, 15) is 4.79 Å². The summed E-state index contributed by atoms with van der Waals surface area (Å²) >= 11 is 0. The van der Waals surface area contributed by atoms with Gasteiger partial charge in [-0.05, 0) is 83.7 Å². The molecular formula is C35H65NO3. The van der Waals surface area contributed by atoms with Gasteiger partial charge in [-0.25, -0.2) is 4.79 Å². The number of carbonyl (C=O) groups is 1. The Morgan fingerprint density at radius 1 is 0.667 bits per heavy atom. The van der Waals surface area contributed by atoms with E-state index in [0.29, 0.717) is 6.61 Å². The van der Waals surface area contributed by atoms with Crippen molar-refractivity contribution in [3.8, 4) is 0 Å². The molecule has 1 saturated heterocycles. The number of allylic oxidation sites excluding steroid dienone is 4. The Morgan fingerprint density at radius 3 is 1.74 bits per heavy atom. The van der Waals surface area contributed by atoms with Crippen molar-refractivity contribution in [3.63, 3.8) is 0 Å². The van der Waals surface area contributed by atoms with E-state index in [1.165, 1.54) is 122 Å². The maximum atomic E-state index is 12.3. The van der Waals surface area contributed by atoms with Gasteiger partial charge in [0.05, 0.1) is 6.61 Å². The quantitative estimate of drug-likeness (QED) is 0.0554. The summed E-state index contributed by atoms with van der Waals surface area (Å²) in [5, 5.41) is 0. The van der Waals surface area contributed by atoms with Gasteiger partial charge < -0.3 is 14.4 Å². The van der Waals surface area contributed by atoms with Crippen LogP contribution in [0.2, 0.25) is 0 Å².